The van der Waals surface area contributed by atoms with Crippen LogP contribution in [-0.4, -0.2) is 55.5 Å². The van der Waals surface area contributed by atoms with Crippen LogP contribution in [0.1, 0.15) is 21.5 Å². The van der Waals surface area contributed by atoms with Gasteiger partial charge in [-0.15, -0.1) is 0 Å². The Kier molecular flexibility index (Phi) is 9.00. The van der Waals surface area contributed by atoms with Gasteiger partial charge in [0.05, 0.1) is 25.4 Å². The number of hydrogen-bond donors (Lipinski definition) is 1. The summed E-state index contributed by atoms with van der Waals surface area (Å²) in [6, 6.07) is 27.9. The number of carbonyl (C=O) groups is 1. The topological polar surface area (TPSA) is 83.5 Å². The van der Waals surface area contributed by atoms with Crippen molar-refractivity contribution in [2.45, 2.75) is 43.9 Å². The van der Waals surface area contributed by atoms with Crippen LogP contribution < -0.4 is 0 Å². The normalized spacial score (nSPS) is 24.1. The van der Waals surface area contributed by atoms with Crippen LogP contribution in [-0.2, 0) is 36.9 Å². The van der Waals surface area contributed by atoms with E-state index in [0.717, 1.165) is 11.1 Å². The first-order valence-corrected chi connectivity index (χ1v) is 11.5. The Morgan fingerprint density at radius 1 is 0.829 bits per heavy atom. The van der Waals surface area contributed by atoms with Gasteiger partial charge >= 0.3 is 5.97 Å². The van der Waals surface area contributed by atoms with Gasteiger partial charge in [0, 0.05) is 7.11 Å². The molecular formula is C28H30O7. The molecule has 35 heavy (non-hydrogen) atoms. The van der Waals surface area contributed by atoms with Gasteiger partial charge in [0.2, 0.25) is 0 Å². The minimum atomic E-state index is -1.12. The molecule has 1 aliphatic rings. The highest BCUT2D eigenvalue weighted by molar-refractivity contribution is 5.89. The standard InChI is InChI=1S/C28H30O7/c1-31-28-26(35-27(30)22-15-9-4-10-16-22)25(33-18-21-13-7-3-8-14-21)24(29)23(34-28)19-32-17-20-11-5-2-6-12-20/h2-16,23-26,28-29H,17-19H2,1H3/t23?,24-,25-,26+,28?/m0/s1. The molecule has 0 aromatic heterocycles. The maximum absolute atomic E-state index is 12.8. The highest BCUT2D eigenvalue weighted by Crippen LogP contribution is 2.28. The molecule has 5 atom stereocenters. The highest BCUT2D eigenvalue weighted by Gasteiger charge is 2.48. The Morgan fingerprint density at radius 3 is 2.00 bits per heavy atom. The van der Waals surface area contributed by atoms with E-state index in [1.807, 2.05) is 66.7 Å². The highest BCUT2D eigenvalue weighted by atomic mass is 16.7. The van der Waals surface area contributed by atoms with E-state index >= 15 is 0 Å². The molecular weight excluding hydrogens is 448 g/mol. The molecule has 7 nitrogen and oxygen atoms in total. The molecule has 3 aromatic carbocycles. The van der Waals surface area contributed by atoms with Crippen LogP contribution >= 0.6 is 0 Å². The van der Waals surface area contributed by atoms with Gasteiger partial charge in [-0.25, -0.2) is 4.79 Å². The van der Waals surface area contributed by atoms with Gasteiger partial charge in [-0.05, 0) is 23.3 Å². The predicted molar refractivity (Wildman–Crippen MR) is 128 cm³/mol. The van der Waals surface area contributed by atoms with E-state index in [1.165, 1.54) is 7.11 Å². The summed E-state index contributed by atoms with van der Waals surface area (Å²) in [5.74, 6) is -0.555. The summed E-state index contributed by atoms with van der Waals surface area (Å²) in [5.41, 5.74) is 2.31. The van der Waals surface area contributed by atoms with Crippen LogP contribution in [0.2, 0.25) is 0 Å². The van der Waals surface area contributed by atoms with Crippen molar-refractivity contribution in [3.63, 3.8) is 0 Å². The molecule has 4 rings (SSSR count). The molecule has 1 N–H and O–H groups in total. The third-order valence-corrected chi connectivity index (χ3v) is 5.78. The summed E-state index contributed by atoms with van der Waals surface area (Å²) < 4.78 is 29.2. The SMILES string of the molecule is COC1OC(COCc2ccccc2)[C@H](O)[C@H](OCc2ccccc2)[C@H]1OC(=O)c1ccccc1. The van der Waals surface area contributed by atoms with Gasteiger partial charge in [-0.1, -0.05) is 78.9 Å². The predicted octanol–water partition coefficient (Wildman–Crippen LogP) is 3.75. The van der Waals surface area contributed by atoms with Crippen LogP contribution in [0, 0.1) is 0 Å². The van der Waals surface area contributed by atoms with Crippen LogP contribution in [0.4, 0.5) is 0 Å². The first kappa shape index (κ1) is 25.0. The van der Waals surface area contributed by atoms with Crippen LogP contribution in [0.5, 0.6) is 0 Å². The van der Waals surface area contributed by atoms with Crippen molar-refractivity contribution in [2.75, 3.05) is 13.7 Å². The molecule has 2 unspecified atom stereocenters. The lowest BCUT2D eigenvalue weighted by Gasteiger charge is -2.43. The maximum Gasteiger partial charge on any atom is 0.338 e. The third kappa shape index (κ3) is 6.75. The quantitative estimate of drug-likeness (QED) is 0.445. The summed E-state index contributed by atoms with van der Waals surface area (Å²) in [7, 11) is 1.46. The Bertz CT molecular complexity index is 1030. The lowest BCUT2D eigenvalue weighted by atomic mass is 9.98. The summed E-state index contributed by atoms with van der Waals surface area (Å²) in [5, 5.41) is 11.2. The lowest BCUT2D eigenvalue weighted by molar-refractivity contribution is -0.304. The number of aliphatic hydroxyl groups excluding tert-OH is 1. The van der Waals surface area contributed by atoms with Gasteiger partial charge in [-0.3, -0.25) is 0 Å². The van der Waals surface area contributed by atoms with Crippen LogP contribution in [0.3, 0.4) is 0 Å². The average molecular weight is 479 g/mol. The van der Waals surface area contributed by atoms with E-state index in [-0.39, 0.29) is 13.2 Å². The van der Waals surface area contributed by atoms with E-state index in [9.17, 15) is 9.90 Å². The number of hydrogen-bond acceptors (Lipinski definition) is 7. The maximum atomic E-state index is 12.8. The number of benzene rings is 3. The number of esters is 1. The molecule has 184 valence electrons. The van der Waals surface area contributed by atoms with Crippen molar-refractivity contribution >= 4 is 5.97 Å². The van der Waals surface area contributed by atoms with Gasteiger partial charge in [-0.2, -0.15) is 0 Å². The molecule has 0 saturated carbocycles. The second-order valence-electron chi connectivity index (χ2n) is 8.27. The fraction of sp³-hybridized carbons (Fsp3) is 0.321. The molecule has 0 spiro atoms. The summed E-state index contributed by atoms with van der Waals surface area (Å²) in [4.78, 5) is 12.8. The molecule has 1 saturated heterocycles. The van der Waals surface area contributed by atoms with E-state index in [1.54, 1.807) is 24.3 Å². The van der Waals surface area contributed by atoms with Crippen molar-refractivity contribution in [3.8, 4) is 0 Å². The Labute approximate surface area is 205 Å². The molecule has 0 aliphatic carbocycles. The number of aliphatic hydroxyl groups is 1. The number of rotatable bonds is 10. The molecule has 0 amide bonds. The largest absolute Gasteiger partial charge is 0.450 e. The Morgan fingerprint density at radius 2 is 1.40 bits per heavy atom. The Hall–Kier alpha value is -3.07. The first-order valence-electron chi connectivity index (χ1n) is 11.5. The molecule has 1 heterocycles. The van der Waals surface area contributed by atoms with Crippen molar-refractivity contribution in [2.24, 2.45) is 0 Å². The van der Waals surface area contributed by atoms with E-state index < -0.39 is 36.7 Å². The molecule has 0 bridgehead atoms. The minimum Gasteiger partial charge on any atom is -0.450 e. The molecule has 7 heteroatoms. The van der Waals surface area contributed by atoms with E-state index in [2.05, 4.69) is 0 Å². The fourth-order valence-electron chi connectivity index (χ4n) is 3.93. The molecule has 3 aromatic rings. The first-order chi connectivity index (χ1) is 17.2. The molecule has 1 fully saturated rings. The average Bonchev–Trinajstić information content (AvgIpc) is 2.91. The number of ether oxygens (including phenoxy) is 5. The zero-order chi connectivity index (χ0) is 24.5. The smallest absolute Gasteiger partial charge is 0.338 e. The van der Waals surface area contributed by atoms with Crippen molar-refractivity contribution < 1.29 is 33.6 Å². The van der Waals surface area contributed by atoms with Gasteiger partial charge in [0.1, 0.15) is 18.3 Å². The minimum absolute atomic E-state index is 0.112. The Balaban J connectivity index is 1.48. The number of carbonyl (C=O) groups excluding carboxylic acids is 1. The van der Waals surface area contributed by atoms with Crippen molar-refractivity contribution in [1.82, 2.24) is 0 Å². The van der Waals surface area contributed by atoms with Gasteiger partial charge < -0.3 is 28.8 Å². The van der Waals surface area contributed by atoms with Crippen LogP contribution in [0.25, 0.3) is 0 Å². The molecule has 0 radical (unpaired) electrons. The second kappa shape index (κ2) is 12.6. The summed E-state index contributed by atoms with van der Waals surface area (Å²) >= 11 is 0. The fourth-order valence-corrected chi connectivity index (χ4v) is 3.93. The summed E-state index contributed by atoms with van der Waals surface area (Å²) in [6.07, 6.45) is -4.69. The van der Waals surface area contributed by atoms with Crippen LogP contribution in [0.15, 0.2) is 91.0 Å². The molecule has 1 aliphatic heterocycles. The summed E-state index contributed by atoms with van der Waals surface area (Å²) in [6.45, 7) is 0.698. The zero-order valence-electron chi connectivity index (χ0n) is 19.6. The number of methoxy groups -OCH3 is 1. The zero-order valence-corrected chi connectivity index (χ0v) is 19.6. The van der Waals surface area contributed by atoms with Gasteiger partial charge in [0.15, 0.2) is 12.4 Å². The monoisotopic (exact) mass is 478 g/mol. The van der Waals surface area contributed by atoms with Crippen molar-refractivity contribution in [3.05, 3.63) is 108 Å². The third-order valence-electron chi connectivity index (χ3n) is 5.78. The van der Waals surface area contributed by atoms with Gasteiger partial charge in [0.25, 0.3) is 0 Å². The second-order valence-corrected chi connectivity index (χ2v) is 8.27. The van der Waals surface area contributed by atoms with Crippen molar-refractivity contribution in [1.29, 1.82) is 0 Å². The van der Waals surface area contributed by atoms with E-state index in [4.69, 9.17) is 23.7 Å². The lowest BCUT2D eigenvalue weighted by Crippen LogP contribution is -2.61. The van der Waals surface area contributed by atoms with E-state index in [0.29, 0.717) is 12.2 Å².